The Labute approximate surface area is 113 Å². The monoisotopic (exact) mass is 264 g/mol. The molecule has 1 aromatic carbocycles. The maximum Gasteiger partial charge on any atom is 0.309 e. The molecule has 0 unspecified atom stereocenters. The fraction of sp³-hybridized carbons (Fsp3) is 0.533. The number of ether oxygens (including phenoxy) is 1. The number of aliphatic hydroxyl groups excluding tert-OH is 1. The minimum absolute atomic E-state index is 0.138. The molecule has 1 fully saturated rings. The van der Waals surface area contributed by atoms with Crippen molar-refractivity contribution in [2.24, 2.45) is 0 Å². The fourth-order valence-electron chi connectivity index (χ4n) is 2.45. The average molecular weight is 264 g/mol. The highest BCUT2D eigenvalue weighted by Gasteiger charge is 2.40. The van der Waals surface area contributed by atoms with Crippen molar-refractivity contribution in [1.82, 2.24) is 0 Å². The molecule has 2 rings (SSSR count). The summed E-state index contributed by atoms with van der Waals surface area (Å²) in [6.45, 7) is 0.200. The molecule has 0 aliphatic heterocycles. The second-order valence-electron chi connectivity index (χ2n) is 5.19. The van der Waals surface area contributed by atoms with Gasteiger partial charge in [-0.1, -0.05) is 43.2 Å². The van der Waals surface area contributed by atoms with Crippen LogP contribution in [-0.2, 0) is 16.1 Å². The lowest BCUT2D eigenvalue weighted by Crippen LogP contribution is -2.46. The van der Waals surface area contributed by atoms with Crippen LogP contribution in [0, 0.1) is 0 Å². The first-order valence-corrected chi connectivity index (χ1v) is 6.70. The topological polar surface area (TPSA) is 66.8 Å². The van der Waals surface area contributed by atoms with Crippen LogP contribution in [0.3, 0.4) is 0 Å². The van der Waals surface area contributed by atoms with Crippen LogP contribution in [0.2, 0.25) is 0 Å². The molecule has 0 amide bonds. The molecule has 0 radical (unpaired) electrons. The number of carbonyl (C=O) groups is 1. The molecule has 2 N–H and O–H groups in total. The standard InChI is InChI=1S/C15H20O4/c16-13-8-4-5-9-15(13,18)10-14(17)19-11-12-6-2-1-3-7-12/h1-3,6-7,13,16,18H,4-5,8-11H2/t13-,15-/m0/s1. The van der Waals surface area contributed by atoms with Crippen molar-refractivity contribution in [3.05, 3.63) is 35.9 Å². The predicted octanol–water partition coefficient (Wildman–Crippen LogP) is 1.79. The molecule has 104 valence electrons. The maximum atomic E-state index is 11.7. The zero-order valence-corrected chi connectivity index (χ0v) is 10.9. The van der Waals surface area contributed by atoms with Gasteiger partial charge >= 0.3 is 5.97 Å². The Morgan fingerprint density at radius 3 is 2.74 bits per heavy atom. The first kappa shape index (κ1) is 14.0. The molecular weight excluding hydrogens is 244 g/mol. The van der Waals surface area contributed by atoms with Crippen molar-refractivity contribution < 1.29 is 19.7 Å². The van der Waals surface area contributed by atoms with E-state index in [4.69, 9.17) is 4.74 Å². The fourth-order valence-corrected chi connectivity index (χ4v) is 2.45. The van der Waals surface area contributed by atoms with Crippen LogP contribution in [0.5, 0.6) is 0 Å². The van der Waals surface area contributed by atoms with Gasteiger partial charge in [-0.15, -0.1) is 0 Å². The number of carbonyl (C=O) groups excluding carboxylic acids is 1. The average Bonchev–Trinajstić information content (AvgIpc) is 2.41. The van der Waals surface area contributed by atoms with E-state index in [1.54, 1.807) is 0 Å². The van der Waals surface area contributed by atoms with Crippen molar-refractivity contribution >= 4 is 5.97 Å². The molecule has 1 aromatic rings. The number of hydrogen-bond acceptors (Lipinski definition) is 4. The molecule has 2 atom stereocenters. The van der Waals surface area contributed by atoms with E-state index >= 15 is 0 Å². The summed E-state index contributed by atoms with van der Waals surface area (Å²) in [5.74, 6) is -0.465. The molecule has 19 heavy (non-hydrogen) atoms. The van der Waals surface area contributed by atoms with Crippen molar-refractivity contribution in [3.8, 4) is 0 Å². The third-order valence-corrected chi connectivity index (χ3v) is 3.65. The van der Waals surface area contributed by atoms with E-state index in [-0.39, 0.29) is 13.0 Å². The van der Waals surface area contributed by atoms with Crippen LogP contribution in [0.1, 0.15) is 37.7 Å². The van der Waals surface area contributed by atoms with Gasteiger partial charge < -0.3 is 14.9 Å². The molecule has 0 spiro atoms. The van der Waals surface area contributed by atoms with Crippen LogP contribution in [0.25, 0.3) is 0 Å². The van der Waals surface area contributed by atoms with Gasteiger partial charge in [-0.05, 0) is 18.4 Å². The lowest BCUT2D eigenvalue weighted by Gasteiger charge is -2.36. The molecular formula is C15H20O4. The van der Waals surface area contributed by atoms with Gasteiger partial charge in [0.2, 0.25) is 0 Å². The summed E-state index contributed by atoms with van der Waals surface area (Å²) < 4.78 is 5.13. The first-order chi connectivity index (χ1) is 9.10. The van der Waals surface area contributed by atoms with Crippen LogP contribution < -0.4 is 0 Å². The van der Waals surface area contributed by atoms with E-state index in [9.17, 15) is 15.0 Å². The molecule has 4 nitrogen and oxygen atoms in total. The lowest BCUT2D eigenvalue weighted by molar-refractivity contribution is -0.160. The van der Waals surface area contributed by atoms with Gasteiger partial charge in [0.05, 0.1) is 12.5 Å². The second kappa shape index (κ2) is 6.17. The number of benzene rings is 1. The highest BCUT2D eigenvalue weighted by Crippen LogP contribution is 2.31. The smallest absolute Gasteiger partial charge is 0.309 e. The molecule has 1 saturated carbocycles. The van der Waals surface area contributed by atoms with Gasteiger partial charge in [0, 0.05) is 0 Å². The van der Waals surface area contributed by atoms with Crippen molar-refractivity contribution in [1.29, 1.82) is 0 Å². The van der Waals surface area contributed by atoms with Crippen LogP contribution in [-0.4, -0.2) is 27.9 Å². The Bertz CT molecular complexity index is 417. The Kier molecular flexibility index (Phi) is 4.56. The summed E-state index contributed by atoms with van der Waals surface area (Å²) in [5.41, 5.74) is -0.404. The van der Waals surface area contributed by atoms with Crippen molar-refractivity contribution in [2.45, 2.75) is 50.4 Å². The van der Waals surface area contributed by atoms with Gasteiger partial charge in [0.15, 0.2) is 0 Å². The Morgan fingerprint density at radius 1 is 1.32 bits per heavy atom. The van der Waals surface area contributed by atoms with Crippen LogP contribution in [0.4, 0.5) is 0 Å². The van der Waals surface area contributed by atoms with Crippen LogP contribution >= 0.6 is 0 Å². The highest BCUT2D eigenvalue weighted by atomic mass is 16.5. The normalized spacial score (nSPS) is 26.9. The second-order valence-corrected chi connectivity index (χ2v) is 5.19. The molecule has 4 heteroatoms. The molecule has 0 heterocycles. The Hall–Kier alpha value is -1.39. The van der Waals surface area contributed by atoms with Crippen molar-refractivity contribution in [3.63, 3.8) is 0 Å². The van der Waals surface area contributed by atoms with E-state index < -0.39 is 17.7 Å². The lowest BCUT2D eigenvalue weighted by atomic mass is 9.80. The summed E-state index contributed by atoms with van der Waals surface area (Å²) in [6.07, 6.45) is 1.76. The zero-order chi connectivity index (χ0) is 13.7. The third kappa shape index (κ3) is 3.78. The first-order valence-electron chi connectivity index (χ1n) is 6.70. The number of aliphatic hydroxyl groups is 2. The molecule has 0 saturated heterocycles. The summed E-state index contributed by atoms with van der Waals surface area (Å²) in [5, 5.41) is 20.1. The summed E-state index contributed by atoms with van der Waals surface area (Å²) in [7, 11) is 0. The Morgan fingerprint density at radius 2 is 2.05 bits per heavy atom. The number of rotatable bonds is 4. The predicted molar refractivity (Wildman–Crippen MR) is 70.3 cm³/mol. The Balaban J connectivity index is 1.84. The summed E-state index contributed by atoms with van der Waals surface area (Å²) in [4.78, 5) is 11.7. The minimum atomic E-state index is -1.31. The van der Waals surface area contributed by atoms with Gasteiger partial charge in [-0.2, -0.15) is 0 Å². The van der Waals surface area contributed by atoms with E-state index in [1.807, 2.05) is 30.3 Å². The summed E-state index contributed by atoms with van der Waals surface area (Å²) in [6, 6.07) is 9.39. The minimum Gasteiger partial charge on any atom is -0.461 e. The zero-order valence-electron chi connectivity index (χ0n) is 10.9. The van der Waals surface area contributed by atoms with Gasteiger partial charge in [-0.25, -0.2) is 0 Å². The van der Waals surface area contributed by atoms with E-state index in [0.717, 1.165) is 18.4 Å². The van der Waals surface area contributed by atoms with Crippen molar-refractivity contribution in [2.75, 3.05) is 0 Å². The van der Waals surface area contributed by atoms with Gasteiger partial charge in [0.1, 0.15) is 12.2 Å². The molecule has 1 aliphatic carbocycles. The third-order valence-electron chi connectivity index (χ3n) is 3.65. The maximum absolute atomic E-state index is 11.7. The molecule has 1 aliphatic rings. The van der Waals surface area contributed by atoms with E-state index in [0.29, 0.717) is 12.8 Å². The van der Waals surface area contributed by atoms with E-state index in [2.05, 4.69) is 0 Å². The quantitative estimate of drug-likeness (QED) is 0.814. The largest absolute Gasteiger partial charge is 0.461 e. The number of hydrogen-bond donors (Lipinski definition) is 2. The van der Waals surface area contributed by atoms with Gasteiger partial charge in [0.25, 0.3) is 0 Å². The van der Waals surface area contributed by atoms with Crippen LogP contribution in [0.15, 0.2) is 30.3 Å². The van der Waals surface area contributed by atoms with E-state index in [1.165, 1.54) is 0 Å². The SMILES string of the molecule is O=C(C[C@@]1(O)CCCC[C@@H]1O)OCc1ccccc1. The molecule has 0 aromatic heterocycles. The summed E-state index contributed by atoms with van der Waals surface area (Å²) >= 11 is 0. The highest BCUT2D eigenvalue weighted by molar-refractivity contribution is 5.70. The molecule has 0 bridgehead atoms. The van der Waals surface area contributed by atoms with Gasteiger partial charge in [-0.3, -0.25) is 4.79 Å². The number of esters is 1.